The van der Waals surface area contributed by atoms with Crippen LogP contribution in [-0.2, 0) is 0 Å². The number of hydrogen-bond donors (Lipinski definition) is 0. The lowest BCUT2D eigenvalue weighted by atomic mass is 10.4. The smallest absolute Gasteiger partial charge is 0.184 e. The minimum Gasteiger partial charge on any atom is -0.253 e. The first kappa shape index (κ1) is 8.59. The van der Waals surface area contributed by atoms with E-state index in [4.69, 9.17) is 0 Å². The topological polar surface area (TPSA) is 17.8 Å². The number of hydrogen-bond acceptors (Lipinski definition) is 2. The average Bonchev–Trinajstić information content (AvgIpc) is 2.30. The third-order valence-electron chi connectivity index (χ3n) is 1.33. The van der Waals surface area contributed by atoms with Crippen LogP contribution >= 0.6 is 11.8 Å². The highest BCUT2D eigenvalue weighted by molar-refractivity contribution is 7.98. The second kappa shape index (κ2) is 3.26. The first-order valence-electron chi connectivity index (χ1n) is 3.36. The Morgan fingerprint density at radius 1 is 1.64 bits per heavy atom. The highest BCUT2D eigenvalue weighted by atomic mass is 32.2. The van der Waals surface area contributed by atoms with Crippen molar-refractivity contribution in [3.05, 3.63) is 12.0 Å². The number of thioether (sulfide) groups is 1. The van der Waals surface area contributed by atoms with Gasteiger partial charge >= 0.3 is 0 Å². The lowest BCUT2D eigenvalue weighted by molar-refractivity contribution is 0.475. The minimum absolute atomic E-state index is 0.193. The van der Waals surface area contributed by atoms with Crippen molar-refractivity contribution in [3.8, 4) is 0 Å². The normalized spacial score (nSPS) is 11.0. The molecule has 0 N–H and O–H groups in total. The molecule has 0 unspecified atom stereocenters. The first-order valence-corrected chi connectivity index (χ1v) is 4.59. The molecule has 0 spiro atoms. The molecule has 1 aromatic heterocycles. The Morgan fingerprint density at radius 2 is 2.27 bits per heavy atom. The van der Waals surface area contributed by atoms with Gasteiger partial charge in [-0.05, 0) is 20.1 Å². The van der Waals surface area contributed by atoms with Gasteiger partial charge in [-0.15, -0.1) is 11.8 Å². The van der Waals surface area contributed by atoms with Gasteiger partial charge in [-0.2, -0.15) is 5.10 Å². The van der Waals surface area contributed by atoms with E-state index in [0.717, 1.165) is 0 Å². The van der Waals surface area contributed by atoms with Crippen LogP contribution in [0.2, 0.25) is 0 Å². The zero-order chi connectivity index (χ0) is 8.43. The fourth-order valence-electron chi connectivity index (χ4n) is 0.825. The maximum absolute atomic E-state index is 12.8. The monoisotopic (exact) mass is 173 g/mol. The molecule has 0 aliphatic rings. The second-order valence-corrected chi connectivity index (χ2v) is 3.27. The van der Waals surface area contributed by atoms with E-state index in [1.807, 2.05) is 20.1 Å². The average molecular weight is 173 g/mol. The van der Waals surface area contributed by atoms with Crippen molar-refractivity contribution in [2.24, 2.45) is 0 Å². The van der Waals surface area contributed by atoms with E-state index in [-0.39, 0.29) is 11.9 Å². The van der Waals surface area contributed by atoms with Crippen LogP contribution in [-0.4, -0.2) is 16.0 Å². The van der Waals surface area contributed by atoms with E-state index >= 15 is 0 Å². The molecular formula is C7H10FN2S. The molecule has 1 aromatic rings. The van der Waals surface area contributed by atoms with E-state index in [2.05, 4.69) is 11.3 Å². The summed E-state index contributed by atoms with van der Waals surface area (Å²) < 4.78 is 14.4. The summed E-state index contributed by atoms with van der Waals surface area (Å²) in [7, 11) is 0. The second-order valence-electron chi connectivity index (χ2n) is 2.47. The summed E-state index contributed by atoms with van der Waals surface area (Å²) in [5.41, 5.74) is 0. The molecule has 1 heterocycles. The first-order chi connectivity index (χ1) is 5.16. The molecular weight excluding hydrogens is 163 g/mol. The van der Waals surface area contributed by atoms with Crippen molar-refractivity contribution in [2.75, 3.05) is 6.26 Å². The molecule has 4 heteroatoms. The molecule has 0 aromatic carbocycles. The summed E-state index contributed by atoms with van der Waals surface area (Å²) in [5.74, 6) is -0.355. The van der Waals surface area contributed by atoms with Crippen LogP contribution in [0.15, 0.2) is 5.03 Å². The molecule has 0 bridgehead atoms. The number of rotatable bonds is 2. The lowest BCUT2D eigenvalue weighted by Crippen LogP contribution is -2.03. The Balaban J connectivity index is 3.05. The molecule has 0 saturated carbocycles. The molecule has 0 saturated heterocycles. The van der Waals surface area contributed by atoms with Gasteiger partial charge in [0.2, 0.25) is 0 Å². The van der Waals surface area contributed by atoms with Gasteiger partial charge < -0.3 is 0 Å². The highest BCUT2D eigenvalue weighted by Crippen LogP contribution is 2.21. The number of nitrogens with zero attached hydrogens (tertiary/aromatic N) is 2. The molecule has 0 fully saturated rings. The molecule has 0 aliphatic carbocycles. The van der Waals surface area contributed by atoms with E-state index in [9.17, 15) is 4.39 Å². The van der Waals surface area contributed by atoms with Gasteiger partial charge in [0, 0.05) is 6.04 Å². The quantitative estimate of drug-likeness (QED) is 0.637. The molecule has 2 nitrogen and oxygen atoms in total. The summed E-state index contributed by atoms with van der Waals surface area (Å²) in [6.45, 7) is 3.92. The number of aromatic nitrogens is 2. The van der Waals surface area contributed by atoms with E-state index in [1.54, 1.807) is 4.68 Å². The maximum Gasteiger partial charge on any atom is 0.184 e. The molecule has 0 aliphatic heterocycles. The summed E-state index contributed by atoms with van der Waals surface area (Å²) >= 11 is 1.35. The van der Waals surface area contributed by atoms with E-state index in [1.165, 1.54) is 11.8 Å². The Bertz CT molecular complexity index is 245. The van der Waals surface area contributed by atoms with Gasteiger partial charge in [0.05, 0.1) is 0 Å². The van der Waals surface area contributed by atoms with Gasteiger partial charge in [0.25, 0.3) is 0 Å². The van der Waals surface area contributed by atoms with E-state index in [0.29, 0.717) is 5.03 Å². The fraction of sp³-hybridized carbons (Fsp3) is 0.571. The Hall–Kier alpha value is -0.510. The molecule has 0 atom stereocenters. The zero-order valence-electron chi connectivity index (χ0n) is 6.76. The van der Waals surface area contributed by atoms with E-state index < -0.39 is 0 Å². The summed E-state index contributed by atoms with van der Waals surface area (Å²) in [6.07, 6.45) is 4.12. The molecule has 11 heavy (non-hydrogen) atoms. The van der Waals surface area contributed by atoms with Crippen LogP contribution in [0.4, 0.5) is 4.39 Å². The van der Waals surface area contributed by atoms with Crippen molar-refractivity contribution in [2.45, 2.75) is 24.9 Å². The molecule has 0 amide bonds. The van der Waals surface area contributed by atoms with Crippen LogP contribution in [0.25, 0.3) is 0 Å². The highest BCUT2D eigenvalue weighted by Gasteiger charge is 2.11. The van der Waals surface area contributed by atoms with Crippen LogP contribution in [0.5, 0.6) is 0 Å². The molecule has 61 valence electrons. The van der Waals surface area contributed by atoms with Crippen LogP contribution in [0, 0.1) is 12.0 Å². The van der Waals surface area contributed by atoms with Crippen molar-refractivity contribution in [1.29, 1.82) is 0 Å². The standard InChI is InChI=1S/C7H10FN2S/c1-5(2)10-7(11-3)6(8)4-9-10/h5H,1-3H3. The van der Waals surface area contributed by atoms with Crippen LogP contribution in [0.1, 0.15) is 19.9 Å². The molecule has 1 radical (unpaired) electrons. The Labute approximate surface area is 69.8 Å². The SMILES string of the molecule is CSc1c(F)[c]nn1C(C)C. The Morgan fingerprint density at radius 3 is 2.64 bits per heavy atom. The zero-order valence-corrected chi connectivity index (χ0v) is 7.57. The van der Waals surface area contributed by atoms with Crippen molar-refractivity contribution < 1.29 is 4.39 Å². The van der Waals surface area contributed by atoms with Crippen molar-refractivity contribution in [1.82, 2.24) is 9.78 Å². The predicted molar refractivity (Wildman–Crippen MR) is 43.2 cm³/mol. The third-order valence-corrected chi connectivity index (χ3v) is 2.09. The van der Waals surface area contributed by atoms with Gasteiger partial charge in [-0.25, -0.2) is 4.39 Å². The van der Waals surface area contributed by atoms with Gasteiger partial charge in [-0.1, -0.05) is 0 Å². The minimum atomic E-state index is -0.355. The van der Waals surface area contributed by atoms with Crippen molar-refractivity contribution >= 4 is 11.8 Å². The summed E-state index contributed by atoms with van der Waals surface area (Å²) in [4.78, 5) is 0. The maximum atomic E-state index is 12.8. The van der Waals surface area contributed by atoms with Crippen LogP contribution < -0.4 is 0 Å². The van der Waals surface area contributed by atoms with Gasteiger partial charge in [0.15, 0.2) is 12.0 Å². The van der Waals surface area contributed by atoms with Gasteiger partial charge in [0.1, 0.15) is 5.03 Å². The predicted octanol–water partition coefficient (Wildman–Crippen LogP) is 2.13. The lowest BCUT2D eigenvalue weighted by Gasteiger charge is -2.07. The third kappa shape index (κ3) is 1.56. The molecule has 1 rings (SSSR count). The van der Waals surface area contributed by atoms with Crippen molar-refractivity contribution in [3.63, 3.8) is 0 Å². The largest absolute Gasteiger partial charge is 0.253 e. The number of halogens is 1. The summed E-state index contributed by atoms with van der Waals surface area (Å²) in [6, 6.07) is 0.193. The summed E-state index contributed by atoms with van der Waals surface area (Å²) in [5, 5.41) is 4.34. The van der Waals surface area contributed by atoms with Crippen LogP contribution in [0.3, 0.4) is 0 Å². The van der Waals surface area contributed by atoms with Gasteiger partial charge in [-0.3, -0.25) is 4.68 Å². The fourth-order valence-corrected chi connectivity index (χ4v) is 1.49. The Kier molecular flexibility index (Phi) is 2.54.